The van der Waals surface area contributed by atoms with Gasteiger partial charge >= 0.3 is 6.09 Å². The van der Waals surface area contributed by atoms with Gasteiger partial charge in [-0.25, -0.2) is 4.79 Å². The van der Waals surface area contributed by atoms with E-state index in [1.54, 1.807) is 29.0 Å². The molecule has 1 aliphatic heterocycles. The van der Waals surface area contributed by atoms with Crippen molar-refractivity contribution in [1.82, 2.24) is 9.80 Å². The van der Waals surface area contributed by atoms with Crippen LogP contribution in [0, 0.1) is 11.3 Å². The van der Waals surface area contributed by atoms with E-state index in [0.717, 1.165) is 18.4 Å². The molecule has 26 heavy (non-hydrogen) atoms. The quantitative estimate of drug-likeness (QED) is 0.832. The van der Waals surface area contributed by atoms with Gasteiger partial charge in [-0.3, -0.25) is 9.69 Å². The molecular weight excluding hydrogens is 330 g/mol. The highest BCUT2D eigenvalue weighted by molar-refractivity contribution is 5.85. The molecule has 0 radical (unpaired) electrons. The zero-order valence-electron chi connectivity index (χ0n) is 16.0. The molecule has 1 atom stereocenters. The Kier molecular flexibility index (Phi) is 6.25. The average Bonchev–Trinajstić information content (AvgIpc) is 2.60. The summed E-state index contributed by atoms with van der Waals surface area (Å²) in [7, 11) is 1.74. The van der Waals surface area contributed by atoms with E-state index < -0.39 is 17.7 Å². The molecule has 1 aromatic rings. The summed E-state index contributed by atoms with van der Waals surface area (Å²) >= 11 is 0. The Balaban J connectivity index is 2.06. The van der Waals surface area contributed by atoms with Crippen molar-refractivity contribution in [3.05, 3.63) is 35.4 Å². The number of carbonyl (C=O) groups is 2. The number of benzene rings is 1. The molecular formula is C20H27N3O3. The molecule has 1 saturated heterocycles. The van der Waals surface area contributed by atoms with Crippen LogP contribution in [0.3, 0.4) is 0 Å². The summed E-state index contributed by atoms with van der Waals surface area (Å²) in [5.41, 5.74) is 0.946. The van der Waals surface area contributed by atoms with Gasteiger partial charge in [-0.1, -0.05) is 12.1 Å². The van der Waals surface area contributed by atoms with Gasteiger partial charge in [-0.15, -0.1) is 0 Å². The second-order valence-corrected chi connectivity index (χ2v) is 7.69. The largest absolute Gasteiger partial charge is 0.444 e. The lowest BCUT2D eigenvalue weighted by Gasteiger charge is -2.37. The van der Waals surface area contributed by atoms with Crippen molar-refractivity contribution >= 4 is 12.0 Å². The van der Waals surface area contributed by atoms with Gasteiger partial charge < -0.3 is 9.64 Å². The van der Waals surface area contributed by atoms with Crippen molar-refractivity contribution in [3.63, 3.8) is 0 Å². The normalized spacial score (nSPS) is 17.3. The summed E-state index contributed by atoms with van der Waals surface area (Å²) in [5.74, 6) is -0.0834. The number of nitrogens with zero attached hydrogens (tertiary/aromatic N) is 3. The van der Waals surface area contributed by atoms with E-state index >= 15 is 0 Å². The number of likely N-dealkylation sites (tertiary alicyclic amines) is 1. The first-order valence-corrected chi connectivity index (χ1v) is 8.95. The molecule has 2 amide bonds. The minimum Gasteiger partial charge on any atom is -0.444 e. The number of rotatable bonds is 3. The minimum absolute atomic E-state index is 0.0834. The molecule has 2 rings (SSSR count). The Bertz CT molecular complexity index is 686. The number of nitriles is 1. The van der Waals surface area contributed by atoms with Crippen LogP contribution in [0.1, 0.15) is 51.2 Å². The smallest absolute Gasteiger partial charge is 0.410 e. The average molecular weight is 357 g/mol. The fourth-order valence-corrected chi connectivity index (χ4v) is 3.02. The number of piperidine rings is 1. The Hall–Kier alpha value is -2.55. The molecule has 0 unspecified atom stereocenters. The standard InChI is InChI=1S/C20H27N3O3/c1-20(2,3)26-19(25)23-12-6-5-7-17(23)18(24)22(4)14-16-10-8-15(13-21)9-11-16/h8-11,17H,5-7,12,14H2,1-4H3/t17-/m1/s1. The molecule has 1 aromatic carbocycles. The second kappa shape index (κ2) is 8.22. The van der Waals surface area contributed by atoms with Crippen LogP contribution in [0.25, 0.3) is 0 Å². The number of carbonyl (C=O) groups excluding carboxylic acids is 2. The maximum absolute atomic E-state index is 12.9. The van der Waals surface area contributed by atoms with E-state index in [1.807, 2.05) is 32.9 Å². The third-order valence-corrected chi connectivity index (χ3v) is 4.29. The fraction of sp³-hybridized carbons (Fsp3) is 0.550. The first-order chi connectivity index (χ1) is 12.2. The number of hydrogen-bond donors (Lipinski definition) is 0. The predicted octanol–water partition coefficient (Wildman–Crippen LogP) is 3.31. The van der Waals surface area contributed by atoms with Crippen LogP contribution in [0.5, 0.6) is 0 Å². The van der Waals surface area contributed by atoms with Gasteiger partial charge in [0.2, 0.25) is 5.91 Å². The summed E-state index contributed by atoms with van der Waals surface area (Å²) in [5, 5.41) is 8.87. The highest BCUT2D eigenvalue weighted by Crippen LogP contribution is 2.22. The topological polar surface area (TPSA) is 73.6 Å². The van der Waals surface area contributed by atoms with Crippen LogP contribution in [0.15, 0.2) is 24.3 Å². The van der Waals surface area contributed by atoms with Gasteiger partial charge in [0.1, 0.15) is 11.6 Å². The summed E-state index contributed by atoms with van der Waals surface area (Å²) < 4.78 is 5.47. The SMILES string of the molecule is CN(Cc1ccc(C#N)cc1)C(=O)[C@H]1CCCCN1C(=O)OC(C)(C)C. The van der Waals surface area contributed by atoms with Crippen molar-refractivity contribution < 1.29 is 14.3 Å². The van der Waals surface area contributed by atoms with Gasteiger partial charge in [0.05, 0.1) is 11.6 Å². The van der Waals surface area contributed by atoms with Gasteiger partial charge in [0, 0.05) is 20.1 Å². The first-order valence-electron chi connectivity index (χ1n) is 8.95. The molecule has 1 fully saturated rings. The molecule has 140 valence electrons. The zero-order chi connectivity index (χ0) is 19.3. The number of likely N-dealkylation sites (N-methyl/N-ethyl adjacent to an activating group) is 1. The molecule has 0 saturated carbocycles. The van der Waals surface area contributed by atoms with E-state index in [4.69, 9.17) is 10.00 Å². The van der Waals surface area contributed by atoms with E-state index in [1.165, 1.54) is 0 Å². The first kappa shape index (κ1) is 19.8. The van der Waals surface area contributed by atoms with Crippen molar-refractivity contribution in [2.45, 2.75) is 58.2 Å². The summed E-state index contributed by atoms with van der Waals surface area (Å²) in [6.07, 6.45) is 2.01. The van der Waals surface area contributed by atoms with Gasteiger partial charge in [0.15, 0.2) is 0 Å². The Morgan fingerprint density at radius 1 is 1.27 bits per heavy atom. The van der Waals surface area contributed by atoms with Crippen LogP contribution < -0.4 is 0 Å². The third-order valence-electron chi connectivity index (χ3n) is 4.29. The van der Waals surface area contributed by atoms with Gasteiger partial charge in [-0.2, -0.15) is 5.26 Å². The van der Waals surface area contributed by atoms with E-state index in [2.05, 4.69) is 6.07 Å². The summed E-state index contributed by atoms with van der Waals surface area (Å²) in [4.78, 5) is 28.6. The molecule has 0 N–H and O–H groups in total. The predicted molar refractivity (Wildman–Crippen MR) is 98.2 cm³/mol. The zero-order valence-corrected chi connectivity index (χ0v) is 16.0. The minimum atomic E-state index is -0.587. The summed E-state index contributed by atoms with van der Waals surface area (Å²) in [6.45, 7) is 6.44. The van der Waals surface area contributed by atoms with E-state index in [0.29, 0.717) is 25.1 Å². The van der Waals surface area contributed by atoms with Crippen LogP contribution in [0.2, 0.25) is 0 Å². The lowest BCUT2D eigenvalue weighted by molar-refractivity contribution is -0.137. The van der Waals surface area contributed by atoms with E-state index in [-0.39, 0.29) is 5.91 Å². The maximum Gasteiger partial charge on any atom is 0.410 e. The van der Waals surface area contributed by atoms with Crippen molar-refractivity contribution in [2.75, 3.05) is 13.6 Å². The monoisotopic (exact) mass is 357 g/mol. The van der Waals surface area contributed by atoms with Crippen LogP contribution >= 0.6 is 0 Å². The van der Waals surface area contributed by atoms with Crippen molar-refractivity contribution in [1.29, 1.82) is 5.26 Å². The lowest BCUT2D eigenvalue weighted by atomic mass is 10.0. The Morgan fingerprint density at radius 3 is 2.50 bits per heavy atom. The Morgan fingerprint density at radius 2 is 1.92 bits per heavy atom. The molecule has 0 aliphatic carbocycles. The van der Waals surface area contributed by atoms with Crippen LogP contribution in [-0.4, -0.2) is 47.0 Å². The molecule has 0 bridgehead atoms. The fourth-order valence-electron chi connectivity index (χ4n) is 3.02. The van der Waals surface area contributed by atoms with Crippen molar-refractivity contribution in [3.8, 4) is 6.07 Å². The molecule has 1 heterocycles. The Labute approximate surface area is 155 Å². The second-order valence-electron chi connectivity index (χ2n) is 7.69. The van der Waals surface area contributed by atoms with Crippen LogP contribution in [-0.2, 0) is 16.1 Å². The maximum atomic E-state index is 12.9. The van der Waals surface area contributed by atoms with Gasteiger partial charge in [-0.05, 0) is 57.7 Å². The number of hydrogen-bond acceptors (Lipinski definition) is 4. The third kappa shape index (κ3) is 5.22. The van der Waals surface area contributed by atoms with Gasteiger partial charge in [0.25, 0.3) is 0 Å². The number of amides is 2. The molecule has 6 heteroatoms. The lowest BCUT2D eigenvalue weighted by Crippen LogP contribution is -2.53. The van der Waals surface area contributed by atoms with Crippen molar-refractivity contribution in [2.24, 2.45) is 0 Å². The molecule has 0 aromatic heterocycles. The van der Waals surface area contributed by atoms with Crippen LogP contribution in [0.4, 0.5) is 4.79 Å². The molecule has 1 aliphatic rings. The number of ether oxygens (including phenoxy) is 1. The molecule has 0 spiro atoms. The molecule has 6 nitrogen and oxygen atoms in total. The highest BCUT2D eigenvalue weighted by atomic mass is 16.6. The summed E-state index contributed by atoms with van der Waals surface area (Å²) in [6, 6.07) is 8.75. The van der Waals surface area contributed by atoms with E-state index in [9.17, 15) is 9.59 Å². The highest BCUT2D eigenvalue weighted by Gasteiger charge is 2.36.